The number of para-hydroxylation sites is 1. The maximum absolute atomic E-state index is 4.49. The van der Waals surface area contributed by atoms with E-state index in [1.165, 1.54) is 16.9 Å². The average Bonchev–Trinajstić information content (AvgIpc) is 3.19. The fraction of sp³-hybridized carbons (Fsp3) is 0.0952. The van der Waals surface area contributed by atoms with Crippen LogP contribution in [0.5, 0.6) is 0 Å². The first kappa shape index (κ1) is 15.8. The number of hydrazone groups is 1. The Hall–Kier alpha value is -2.72. The molecule has 1 heterocycles. The molecule has 0 saturated carbocycles. The molecular formula is C21H19N3S. The number of benzene rings is 3. The third-order valence-electron chi connectivity index (χ3n) is 4.26. The predicted octanol–water partition coefficient (Wildman–Crippen LogP) is 5.15. The molecule has 0 aromatic heterocycles. The summed E-state index contributed by atoms with van der Waals surface area (Å²) in [5.41, 5.74) is 7.97. The van der Waals surface area contributed by atoms with Crippen LogP contribution in [0.3, 0.4) is 0 Å². The SMILES string of the molecule is CN(c1ccccc1)c1ccc([C@@H]2NN=C(c3ccccc3)S2)cc1. The van der Waals surface area contributed by atoms with E-state index in [1.54, 1.807) is 11.8 Å². The Bertz CT molecular complexity index is 861. The summed E-state index contributed by atoms with van der Waals surface area (Å²) in [6.07, 6.45) is 0. The lowest BCUT2D eigenvalue weighted by atomic mass is 10.2. The van der Waals surface area contributed by atoms with E-state index in [0.717, 1.165) is 10.6 Å². The molecule has 1 atom stereocenters. The molecule has 0 bridgehead atoms. The van der Waals surface area contributed by atoms with Gasteiger partial charge in [-0.05, 0) is 29.8 Å². The molecule has 4 rings (SSSR count). The van der Waals surface area contributed by atoms with E-state index in [-0.39, 0.29) is 5.37 Å². The Labute approximate surface area is 152 Å². The smallest absolute Gasteiger partial charge is 0.126 e. The zero-order chi connectivity index (χ0) is 17.1. The van der Waals surface area contributed by atoms with Gasteiger partial charge in [-0.25, -0.2) is 0 Å². The number of rotatable bonds is 4. The minimum atomic E-state index is 0.159. The van der Waals surface area contributed by atoms with Gasteiger partial charge in [0.1, 0.15) is 10.4 Å². The fourth-order valence-electron chi connectivity index (χ4n) is 2.81. The molecule has 3 aromatic carbocycles. The van der Waals surface area contributed by atoms with Crippen molar-refractivity contribution >= 4 is 28.2 Å². The van der Waals surface area contributed by atoms with Gasteiger partial charge in [-0.2, -0.15) is 5.10 Å². The zero-order valence-corrected chi connectivity index (χ0v) is 14.8. The molecule has 4 heteroatoms. The summed E-state index contributed by atoms with van der Waals surface area (Å²) in [6, 6.07) is 29.3. The first-order valence-electron chi connectivity index (χ1n) is 8.25. The minimum Gasteiger partial charge on any atom is -0.345 e. The third kappa shape index (κ3) is 3.39. The molecule has 0 unspecified atom stereocenters. The molecule has 0 fully saturated rings. The molecule has 0 aliphatic carbocycles. The van der Waals surface area contributed by atoms with Crippen molar-refractivity contribution < 1.29 is 0 Å². The van der Waals surface area contributed by atoms with Gasteiger partial charge in [0.05, 0.1) is 0 Å². The Morgan fingerprint density at radius 2 is 1.40 bits per heavy atom. The molecule has 25 heavy (non-hydrogen) atoms. The molecule has 0 saturated heterocycles. The summed E-state index contributed by atoms with van der Waals surface area (Å²) < 4.78 is 0. The van der Waals surface area contributed by atoms with Gasteiger partial charge in [0, 0.05) is 24.0 Å². The number of thioether (sulfide) groups is 1. The summed E-state index contributed by atoms with van der Waals surface area (Å²) in [7, 11) is 2.09. The van der Waals surface area contributed by atoms with Gasteiger partial charge in [0.2, 0.25) is 0 Å². The van der Waals surface area contributed by atoms with Crippen molar-refractivity contribution in [2.45, 2.75) is 5.37 Å². The van der Waals surface area contributed by atoms with Crippen molar-refractivity contribution in [3.8, 4) is 0 Å². The summed E-state index contributed by atoms with van der Waals surface area (Å²) in [4.78, 5) is 2.19. The average molecular weight is 345 g/mol. The van der Waals surface area contributed by atoms with Crippen LogP contribution < -0.4 is 10.3 Å². The highest BCUT2D eigenvalue weighted by molar-refractivity contribution is 8.14. The van der Waals surface area contributed by atoms with Crippen molar-refractivity contribution in [3.63, 3.8) is 0 Å². The van der Waals surface area contributed by atoms with E-state index in [4.69, 9.17) is 0 Å². The van der Waals surface area contributed by atoms with E-state index in [0.29, 0.717) is 0 Å². The van der Waals surface area contributed by atoms with Gasteiger partial charge in [0.25, 0.3) is 0 Å². The number of nitrogens with one attached hydrogen (secondary N) is 1. The number of anilines is 2. The number of nitrogens with zero attached hydrogens (tertiary/aromatic N) is 2. The summed E-state index contributed by atoms with van der Waals surface area (Å²) >= 11 is 1.75. The minimum absolute atomic E-state index is 0.159. The highest BCUT2D eigenvalue weighted by Crippen LogP contribution is 2.35. The lowest BCUT2D eigenvalue weighted by molar-refractivity contribution is 0.744. The van der Waals surface area contributed by atoms with E-state index in [2.05, 4.69) is 83.1 Å². The van der Waals surface area contributed by atoms with Crippen molar-refractivity contribution in [1.82, 2.24) is 5.43 Å². The van der Waals surface area contributed by atoms with Gasteiger partial charge in [0.15, 0.2) is 0 Å². The van der Waals surface area contributed by atoms with Crippen molar-refractivity contribution in [3.05, 3.63) is 96.1 Å². The second-order valence-electron chi connectivity index (χ2n) is 5.90. The van der Waals surface area contributed by atoms with Crippen molar-refractivity contribution in [2.24, 2.45) is 5.10 Å². The summed E-state index contributed by atoms with van der Waals surface area (Å²) in [5, 5.41) is 5.68. The molecule has 1 aliphatic heterocycles. The molecule has 3 nitrogen and oxygen atoms in total. The zero-order valence-electron chi connectivity index (χ0n) is 14.0. The molecule has 3 aromatic rings. The maximum atomic E-state index is 4.49. The normalized spacial score (nSPS) is 16.2. The van der Waals surface area contributed by atoms with Gasteiger partial charge in [-0.15, -0.1) is 0 Å². The number of hydrogen-bond donors (Lipinski definition) is 1. The monoisotopic (exact) mass is 345 g/mol. The maximum Gasteiger partial charge on any atom is 0.126 e. The second kappa shape index (κ2) is 7.03. The van der Waals surface area contributed by atoms with Gasteiger partial charge in [-0.1, -0.05) is 72.4 Å². The molecule has 0 radical (unpaired) electrons. The largest absolute Gasteiger partial charge is 0.345 e. The molecule has 1 N–H and O–H groups in total. The fourth-order valence-corrected chi connectivity index (χ4v) is 3.81. The molecular weight excluding hydrogens is 326 g/mol. The Morgan fingerprint density at radius 1 is 0.800 bits per heavy atom. The highest BCUT2D eigenvalue weighted by atomic mass is 32.2. The van der Waals surface area contributed by atoms with Crippen LogP contribution in [-0.4, -0.2) is 12.1 Å². The predicted molar refractivity (Wildman–Crippen MR) is 107 cm³/mol. The summed E-state index contributed by atoms with van der Waals surface area (Å²) in [5.74, 6) is 0. The van der Waals surface area contributed by atoms with Crippen LogP contribution in [0.4, 0.5) is 11.4 Å². The molecule has 1 aliphatic rings. The van der Waals surface area contributed by atoms with Gasteiger partial charge in [-0.3, -0.25) is 5.43 Å². The molecule has 0 amide bonds. The third-order valence-corrected chi connectivity index (χ3v) is 5.42. The van der Waals surface area contributed by atoms with Gasteiger partial charge >= 0.3 is 0 Å². The van der Waals surface area contributed by atoms with Crippen molar-refractivity contribution in [1.29, 1.82) is 0 Å². The van der Waals surface area contributed by atoms with Crippen LogP contribution in [0.25, 0.3) is 0 Å². The van der Waals surface area contributed by atoms with Gasteiger partial charge < -0.3 is 4.90 Å². The van der Waals surface area contributed by atoms with E-state index in [9.17, 15) is 0 Å². The van der Waals surface area contributed by atoms with E-state index < -0.39 is 0 Å². The highest BCUT2D eigenvalue weighted by Gasteiger charge is 2.22. The Kier molecular flexibility index (Phi) is 4.44. The quantitative estimate of drug-likeness (QED) is 0.708. The lowest BCUT2D eigenvalue weighted by Crippen LogP contribution is -2.10. The Balaban J connectivity index is 1.47. The molecule has 124 valence electrons. The number of hydrogen-bond acceptors (Lipinski definition) is 4. The topological polar surface area (TPSA) is 27.6 Å². The lowest BCUT2D eigenvalue weighted by Gasteiger charge is -2.20. The van der Waals surface area contributed by atoms with Crippen LogP contribution in [0, 0.1) is 0 Å². The Morgan fingerprint density at radius 3 is 2.08 bits per heavy atom. The van der Waals surface area contributed by atoms with Crippen LogP contribution in [-0.2, 0) is 0 Å². The van der Waals surface area contributed by atoms with Crippen molar-refractivity contribution in [2.75, 3.05) is 11.9 Å². The first-order chi connectivity index (χ1) is 12.3. The van der Waals surface area contributed by atoms with Crippen LogP contribution in [0.1, 0.15) is 16.5 Å². The standard InChI is InChI=1S/C21H19N3S/c1-24(18-10-6-3-7-11-18)19-14-12-17(13-15-19)21-23-22-20(25-21)16-8-4-2-5-9-16/h2-15,21,23H,1H3/t21-/m1/s1. The first-order valence-corrected chi connectivity index (χ1v) is 9.13. The van der Waals surface area contributed by atoms with Crippen LogP contribution in [0.15, 0.2) is 90.0 Å². The molecule has 0 spiro atoms. The second-order valence-corrected chi connectivity index (χ2v) is 6.99. The van der Waals surface area contributed by atoms with E-state index in [1.807, 2.05) is 24.3 Å². The van der Waals surface area contributed by atoms with Crippen LogP contribution in [0.2, 0.25) is 0 Å². The van der Waals surface area contributed by atoms with E-state index >= 15 is 0 Å². The summed E-state index contributed by atoms with van der Waals surface area (Å²) in [6.45, 7) is 0. The van der Waals surface area contributed by atoms with Crippen LogP contribution >= 0.6 is 11.8 Å².